The van der Waals surface area contributed by atoms with Crippen molar-refractivity contribution in [2.24, 2.45) is 0 Å². The van der Waals surface area contributed by atoms with Crippen molar-refractivity contribution in [2.45, 2.75) is 68.8 Å². The van der Waals surface area contributed by atoms with E-state index in [9.17, 15) is 18.0 Å². The molecule has 0 bridgehead atoms. The van der Waals surface area contributed by atoms with Gasteiger partial charge in [-0.1, -0.05) is 96.7 Å². The number of hydrogen-bond donors (Lipinski definition) is 1. The number of hydrogen-bond acceptors (Lipinski definition) is 4. The topological polar surface area (TPSA) is 86.8 Å². The molecule has 0 unspecified atom stereocenters. The van der Waals surface area contributed by atoms with Crippen molar-refractivity contribution in [1.29, 1.82) is 0 Å². The lowest BCUT2D eigenvalue weighted by molar-refractivity contribution is -0.140. The maximum atomic E-state index is 14.1. The van der Waals surface area contributed by atoms with E-state index in [2.05, 4.69) is 21.2 Å². The van der Waals surface area contributed by atoms with Gasteiger partial charge in [0.15, 0.2) is 0 Å². The molecule has 41 heavy (non-hydrogen) atoms. The van der Waals surface area contributed by atoms with Gasteiger partial charge < -0.3 is 10.2 Å². The molecule has 0 aliphatic heterocycles. The summed E-state index contributed by atoms with van der Waals surface area (Å²) >= 11 is 3.43. The van der Waals surface area contributed by atoms with Gasteiger partial charge >= 0.3 is 0 Å². The Hall–Kier alpha value is -3.17. The van der Waals surface area contributed by atoms with Crippen LogP contribution < -0.4 is 9.62 Å². The van der Waals surface area contributed by atoms with Gasteiger partial charge in [0.05, 0.1) is 10.6 Å². The van der Waals surface area contributed by atoms with Crippen molar-refractivity contribution in [2.75, 3.05) is 17.4 Å². The molecule has 3 aromatic carbocycles. The highest BCUT2D eigenvalue weighted by atomic mass is 79.9. The third-order valence-corrected chi connectivity index (χ3v) is 9.81. The Balaban J connectivity index is 1.65. The molecule has 1 N–H and O–H groups in total. The van der Waals surface area contributed by atoms with Crippen LogP contribution in [-0.2, 0) is 26.0 Å². The Morgan fingerprint density at radius 1 is 0.927 bits per heavy atom. The number of benzene rings is 3. The molecular weight excluding hydrogens is 602 g/mol. The zero-order valence-corrected chi connectivity index (χ0v) is 25.8. The van der Waals surface area contributed by atoms with Gasteiger partial charge in [0.1, 0.15) is 12.6 Å². The highest BCUT2D eigenvalue weighted by Crippen LogP contribution is 2.27. The van der Waals surface area contributed by atoms with Crippen molar-refractivity contribution < 1.29 is 18.0 Å². The minimum atomic E-state index is -4.08. The van der Waals surface area contributed by atoms with Gasteiger partial charge in [-0.3, -0.25) is 13.9 Å². The largest absolute Gasteiger partial charge is 0.352 e. The molecule has 7 nitrogen and oxygen atoms in total. The summed E-state index contributed by atoms with van der Waals surface area (Å²) in [5, 5.41) is 3.18. The third-order valence-electron chi connectivity index (χ3n) is 7.53. The van der Waals surface area contributed by atoms with Crippen LogP contribution in [0.2, 0.25) is 0 Å². The van der Waals surface area contributed by atoms with Gasteiger partial charge in [-0.15, -0.1) is 0 Å². The van der Waals surface area contributed by atoms with Gasteiger partial charge in [-0.2, -0.15) is 0 Å². The van der Waals surface area contributed by atoms with E-state index in [-0.39, 0.29) is 23.4 Å². The number of nitrogens with zero attached hydrogens (tertiary/aromatic N) is 2. The lowest BCUT2D eigenvalue weighted by Crippen LogP contribution is -2.54. The van der Waals surface area contributed by atoms with E-state index in [4.69, 9.17) is 0 Å². The van der Waals surface area contributed by atoms with Gasteiger partial charge in [0.25, 0.3) is 10.0 Å². The third kappa shape index (κ3) is 8.20. The van der Waals surface area contributed by atoms with Crippen molar-refractivity contribution in [1.82, 2.24) is 10.2 Å². The average Bonchev–Trinajstić information content (AvgIpc) is 2.99. The molecule has 0 heterocycles. The second-order valence-electron chi connectivity index (χ2n) is 10.4. The summed E-state index contributed by atoms with van der Waals surface area (Å²) in [6.07, 6.45) is 6.17. The van der Waals surface area contributed by atoms with Crippen LogP contribution in [-0.4, -0.2) is 50.3 Å². The van der Waals surface area contributed by atoms with E-state index in [1.54, 1.807) is 47.4 Å². The van der Waals surface area contributed by atoms with Crippen molar-refractivity contribution in [3.8, 4) is 0 Å². The maximum absolute atomic E-state index is 14.1. The Labute approximate surface area is 252 Å². The lowest BCUT2D eigenvalue weighted by Gasteiger charge is -2.34. The summed E-state index contributed by atoms with van der Waals surface area (Å²) in [5.74, 6) is -0.605. The highest BCUT2D eigenvalue weighted by molar-refractivity contribution is 9.10. The quantitative estimate of drug-likeness (QED) is 0.266. The van der Waals surface area contributed by atoms with Crippen LogP contribution in [0.4, 0.5) is 5.69 Å². The number of halogens is 1. The zero-order chi connectivity index (χ0) is 29.2. The molecule has 1 fully saturated rings. The molecule has 1 saturated carbocycles. The molecule has 2 amide bonds. The van der Waals surface area contributed by atoms with Crippen LogP contribution in [0.15, 0.2) is 94.3 Å². The standard InChI is InChI=1S/C32H38BrN3O4S/c1-2-30(32(38)34-27-16-8-4-9-17-27)35(22-21-25-13-6-3-7-14-25)31(37)24-36(28-18-12-15-26(33)23-28)41(39,40)29-19-10-5-11-20-29/h3,5-7,10-15,18-20,23,27,30H,2,4,8-9,16-17,21-22,24H2,1H3,(H,34,38)/t30-/m1/s1. The molecule has 1 aliphatic rings. The maximum Gasteiger partial charge on any atom is 0.264 e. The van der Waals surface area contributed by atoms with E-state index in [0.717, 1.165) is 35.6 Å². The van der Waals surface area contributed by atoms with Gasteiger partial charge in [-0.05, 0) is 61.6 Å². The van der Waals surface area contributed by atoms with E-state index in [1.165, 1.54) is 18.6 Å². The van der Waals surface area contributed by atoms with E-state index in [1.807, 2.05) is 37.3 Å². The minimum absolute atomic E-state index is 0.0886. The molecule has 0 aromatic heterocycles. The molecule has 1 aliphatic carbocycles. The van der Waals surface area contributed by atoms with Crippen LogP contribution in [0.1, 0.15) is 51.0 Å². The summed E-state index contributed by atoms with van der Waals surface area (Å²) < 4.78 is 29.6. The summed E-state index contributed by atoms with van der Waals surface area (Å²) in [6.45, 7) is 1.74. The Bertz CT molecular complexity index is 1400. The average molecular weight is 641 g/mol. The summed E-state index contributed by atoms with van der Waals surface area (Å²) in [6, 6.07) is 24.1. The van der Waals surface area contributed by atoms with Crippen LogP contribution in [0.5, 0.6) is 0 Å². The van der Waals surface area contributed by atoms with Crippen LogP contribution >= 0.6 is 15.9 Å². The Morgan fingerprint density at radius 2 is 1.59 bits per heavy atom. The fourth-order valence-electron chi connectivity index (χ4n) is 5.32. The van der Waals surface area contributed by atoms with Crippen molar-refractivity contribution in [3.63, 3.8) is 0 Å². The van der Waals surface area contributed by atoms with Crippen molar-refractivity contribution >= 4 is 43.5 Å². The Kier molecular flexibility index (Phi) is 11.0. The first kappa shape index (κ1) is 30.8. The molecule has 0 radical (unpaired) electrons. The smallest absolute Gasteiger partial charge is 0.264 e. The second kappa shape index (κ2) is 14.6. The van der Waals surface area contributed by atoms with Gasteiger partial charge in [0.2, 0.25) is 11.8 Å². The number of amides is 2. The highest BCUT2D eigenvalue weighted by Gasteiger charge is 2.34. The summed E-state index contributed by atoms with van der Waals surface area (Å²) in [5.41, 5.74) is 1.40. The number of nitrogens with one attached hydrogen (secondary N) is 1. The van der Waals surface area contributed by atoms with Gasteiger partial charge in [0, 0.05) is 17.1 Å². The molecule has 3 aromatic rings. The van der Waals surface area contributed by atoms with Crippen molar-refractivity contribution in [3.05, 3.63) is 95.0 Å². The van der Waals surface area contributed by atoms with Crippen LogP contribution in [0, 0.1) is 0 Å². The molecule has 0 saturated heterocycles. The van der Waals surface area contributed by atoms with E-state index >= 15 is 0 Å². The van der Waals surface area contributed by atoms with E-state index in [0.29, 0.717) is 23.0 Å². The lowest BCUT2D eigenvalue weighted by atomic mass is 9.95. The molecule has 9 heteroatoms. The predicted molar refractivity (Wildman–Crippen MR) is 166 cm³/mol. The predicted octanol–water partition coefficient (Wildman–Crippen LogP) is 5.94. The number of anilines is 1. The first-order valence-electron chi connectivity index (χ1n) is 14.3. The normalized spacial score (nSPS) is 14.7. The van der Waals surface area contributed by atoms with E-state index < -0.39 is 28.5 Å². The molecule has 1 atom stereocenters. The minimum Gasteiger partial charge on any atom is -0.352 e. The fourth-order valence-corrected chi connectivity index (χ4v) is 7.13. The summed E-state index contributed by atoms with van der Waals surface area (Å²) in [4.78, 5) is 29.4. The fraction of sp³-hybridized carbons (Fsp3) is 0.375. The second-order valence-corrected chi connectivity index (χ2v) is 13.2. The molecule has 0 spiro atoms. The van der Waals surface area contributed by atoms with Gasteiger partial charge in [-0.25, -0.2) is 8.42 Å². The first-order chi connectivity index (χ1) is 19.8. The first-order valence-corrected chi connectivity index (χ1v) is 16.5. The Morgan fingerprint density at radius 3 is 2.22 bits per heavy atom. The SMILES string of the molecule is CC[C@H](C(=O)NC1CCCCC1)N(CCc1ccccc1)C(=O)CN(c1cccc(Br)c1)S(=O)(=O)c1ccccc1. The number of carbonyl (C=O) groups excluding carboxylic acids is 2. The molecule has 218 valence electrons. The molecule has 4 rings (SSSR count). The van der Waals surface area contributed by atoms with Crippen LogP contribution in [0.3, 0.4) is 0 Å². The number of rotatable bonds is 12. The number of carbonyl (C=O) groups is 2. The monoisotopic (exact) mass is 639 g/mol. The molecular formula is C32H38BrN3O4S. The number of sulfonamides is 1. The summed E-state index contributed by atoms with van der Waals surface area (Å²) in [7, 11) is -4.08. The zero-order valence-electron chi connectivity index (χ0n) is 23.4. The van der Waals surface area contributed by atoms with Crippen LogP contribution in [0.25, 0.3) is 0 Å².